The minimum atomic E-state index is -0.226. The lowest BCUT2D eigenvalue weighted by Gasteiger charge is -2.11. The van der Waals surface area contributed by atoms with E-state index in [4.69, 9.17) is 34.8 Å². The van der Waals surface area contributed by atoms with Crippen molar-refractivity contribution in [3.8, 4) is 5.69 Å². The minimum Gasteiger partial charge on any atom is -0.295 e. The van der Waals surface area contributed by atoms with E-state index in [1.54, 1.807) is 6.07 Å². The van der Waals surface area contributed by atoms with Crippen molar-refractivity contribution in [3.05, 3.63) is 57.8 Å². The molecule has 0 amide bonds. The van der Waals surface area contributed by atoms with Gasteiger partial charge in [-0.05, 0) is 38.1 Å². The second-order valence-corrected chi connectivity index (χ2v) is 6.48. The highest BCUT2D eigenvalue weighted by molar-refractivity contribution is 6.42. The normalized spacial score (nSPS) is 12.8. The largest absolute Gasteiger partial charge is 0.295 e. The summed E-state index contributed by atoms with van der Waals surface area (Å²) < 4.78 is 2.02. The molecule has 1 unspecified atom stereocenters. The molecule has 3 aromatic rings. The maximum absolute atomic E-state index is 6.29. The summed E-state index contributed by atoms with van der Waals surface area (Å²) in [7, 11) is 0. The van der Waals surface area contributed by atoms with E-state index in [0.29, 0.717) is 10.0 Å². The third-order valence-electron chi connectivity index (χ3n) is 3.37. The number of benzene rings is 2. The first-order valence-electron chi connectivity index (χ1n) is 6.56. The van der Waals surface area contributed by atoms with Crippen molar-refractivity contribution in [2.24, 2.45) is 0 Å². The molecule has 1 aromatic heterocycles. The minimum absolute atomic E-state index is 0.226. The van der Waals surface area contributed by atoms with Gasteiger partial charge in [-0.25, -0.2) is 4.98 Å². The van der Waals surface area contributed by atoms with Gasteiger partial charge in [-0.3, -0.25) is 4.57 Å². The van der Waals surface area contributed by atoms with Crippen LogP contribution in [0.15, 0.2) is 36.4 Å². The summed E-state index contributed by atoms with van der Waals surface area (Å²) in [4.78, 5) is 4.60. The molecule has 0 saturated carbocycles. The maximum atomic E-state index is 6.29. The smallest absolute Gasteiger partial charge is 0.132 e. The second-order valence-electron chi connectivity index (χ2n) is 5.01. The third kappa shape index (κ3) is 2.64. The van der Waals surface area contributed by atoms with E-state index >= 15 is 0 Å². The number of alkyl halides is 1. The summed E-state index contributed by atoms with van der Waals surface area (Å²) in [6, 6.07) is 11.8. The molecule has 108 valence electrons. The van der Waals surface area contributed by atoms with Crippen LogP contribution >= 0.6 is 34.8 Å². The number of hydrogen-bond donors (Lipinski definition) is 0. The fourth-order valence-electron chi connectivity index (χ4n) is 2.32. The topological polar surface area (TPSA) is 17.8 Å². The molecule has 0 saturated heterocycles. The van der Waals surface area contributed by atoms with Crippen LogP contribution < -0.4 is 0 Å². The van der Waals surface area contributed by atoms with Crippen LogP contribution in [0.1, 0.15) is 23.7 Å². The van der Waals surface area contributed by atoms with Crippen molar-refractivity contribution in [2.45, 2.75) is 19.2 Å². The number of halogens is 3. The molecular formula is C16H13Cl3N2. The van der Waals surface area contributed by atoms with E-state index in [1.807, 2.05) is 29.7 Å². The van der Waals surface area contributed by atoms with Crippen LogP contribution in [0, 0.1) is 6.92 Å². The molecule has 0 spiro atoms. The highest BCUT2D eigenvalue weighted by Crippen LogP contribution is 2.33. The van der Waals surface area contributed by atoms with Crippen LogP contribution in [0.3, 0.4) is 0 Å². The first kappa shape index (κ1) is 14.7. The number of aromatic nitrogens is 2. The first-order chi connectivity index (χ1) is 9.97. The van der Waals surface area contributed by atoms with E-state index in [9.17, 15) is 0 Å². The molecule has 0 N–H and O–H groups in total. The summed E-state index contributed by atoms with van der Waals surface area (Å²) in [5, 5.41) is 0.772. The second kappa shape index (κ2) is 5.53. The Bertz CT molecular complexity index is 804. The first-order valence-corrected chi connectivity index (χ1v) is 7.75. The zero-order chi connectivity index (χ0) is 15.1. The van der Waals surface area contributed by atoms with Gasteiger partial charge < -0.3 is 0 Å². The quantitative estimate of drug-likeness (QED) is 0.528. The molecule has 0 aliphatic rings. The Hall–Kier alpha value is -1.22. The van der Waals surface area contributed by atoms with Gasteiger partial charge in [-0.1, -0.05) is 40.9 Å². The van der Waals surface area contributed by atoms with Crippen molar-refractivity contribution in [1.29, 1.82) is 0 Å². The highest BCUT2D eigenvalue weighted by atomic mass is 35.5. The predicted octanol–water partition coefficient (Wildman–Crippen LogP) is 5.94. The number of fused-ring (bicyclic) bond motifs is 1. The Morgan fingerprint density at radius 1 is 1.05 bits per heavy atom. The van der Waals surface area contributed by atoms with E-state index in [-0.39, 0.29) is 5.38 Å². The Morgan fingerprint density at radius 2 is 1.67 bits per heavy atom. The SMILES string of the molecule is Cc1ccc(-n2c(C(C)Cl)nc3cc(Cl)c(Cl)cc32)cc1. The van der Waals surface area contributed by atoms with Crippen LogP contribution in [0.2, 0.25) is 10.0 Å². The summed E-state index contributed by atoms with van der Waals surface area (Å²) in [5.41, 5.74) is 3.89. The van der Waals surface area contributed by atoms with Crippen molar-refractivity contribution < 1.29 is 0 Å². The van der Waals surface area contributed by atoms with E-state index < -0.39 is 0 Å². The van der Waals surface area contributed by atoms with Crippen molar-refractivity contribution >= 4 is 45.8 Å². The fourth-order valence-corrected chi connectivity index (χ4v) is 2.79. The number of nitrogens with zero attached hydrogens (tertiary/aromatic N) is 2. The van der Waals surface area contributed by atoms with Gasteiger partial charge in [0.2, 0.25) is 0 Å². The van der Waals surface area contributed by atoms with E-state index in [0.717, 1.165) is 22.5 Å². The van der Waals surface area contributed by atoms with Crippen LogP contribution in [0.5, 0.6) is 0 Å². The van der Waals surface area contributed by atoms with E-state index in [2.05, 4.69) is 24.0 Å². The van der Waals surface area contributed by atoms with Crippen molar-refractivity contribution in [1.82, 2.24) is 9.55 Å². The standard InChI is InChI=1S/C16H13Cl3N2/c1-9-3-5-11(6-4-9)21-15-8-13(19)12(18)7-14(15)20-16(21)10(2)17/h3-8,10H,1-2H3. The van der Waals surface area contributed by atoms with E-state index in [1.165, 1.54) is 5.56 Å². The lowest BCUT2D eigenvalue weighted by atomic mass is 10.2. The average Bonchev–Trinajstić information content (AvgIpc) is 2.79. The summed E-state index contributed by atoms with van der Waals surface area (Å²) in [6.07, 6.45) is 0. The maximum Gasteiger partial charge on any atom is 0.132 e. The van der Waals surface area contributed by atoms with Gasteiger partial charge in [0.15, 0.2) is 0 Å². The predicted molar refractivity (Wildman–Crippen MR) is 90.1 cm³/mol. The van der Waals surface area contributed by atoms with Crippen LogP contribution in [0.25, 0.3) is 16.7 Å². The van der Waals surface area contributed by atoms with Gasteiger partial charge in [0.25, 0.3) is 0 Å². The number of aryl methyl sites for hydroxylation is 1. The Morgan fingerprint density at radius 3 is 2.29 bits per heavy atom. The number of imidazole rings is 1. The Labute approximate surface area is 138 Å². The summed E-state index contributed by atoms with van der Waals surface area (Å²) in [6.45, 7) is 3.95. The Kier molecular flexibility index (Phi) is 3.87. The zero-order valence-electron chi connectivity index (χ0n) is 11.6. The zero-order valence-corrected chi connectivity index (χ0v) is 13.8. The van der Waals surface area contributed by atoms with Crippen molar-refractivity contribution in [2.75, 3.05) is 0 Å². The molecule has 5 heteroatoms. The summed E-state index contributed by atoms with van der Waals surface area (Å²) >= 11 is 18.5. The van der Waals surface area contributed by atoms with Gasteiger partial charge in [0.05, 0.1) is 26.5 Å². The van der Waals surface area contributed by atoms with Gasteiger partial charge >= 0.3 is 0 Å². The molecule has 0 aliphatic carbocycles. The van der Waals surface area contributed by atoms with Gasteiger partial charge in [0, 0.05) is 5.69 Å². The summed E-state index contributed by atoms with van der Waals surface area (Å²) in [5.74, 6) is 0.772. The van der Waals surface area contributed by atoms with Crippen LogP contribution in [-0.2, 0) is 0 Å². The van der Waals surface area contributed by atoms with Gasteiger partial charge in [-0.15, -0.1) is 11.6 Å². The number of hydrogen-bond acceptors (Lipinski definition) is 1. The number of rotatable bonds is 2. The van der Waals surface area contributed by atoms with Crippen LogP contribution in [0.4, 0.5) is 0 Å². The molecular weight excluding hydrogens is 327 g/mol. The molecule has 1 atom stereocenters. The van der Waals surface area contributed by atoms with Crippen molar-refractivity contribution in [3.63, 3.8) is 0 Å². The molecule has 0 radical (unpaired) electrons. The van der Waals surface area contributed by atoms with Gasteiger partial charge in [0.1, 0.15) is 5.82 Å². The molecule has 0 fully saturated rings. The van der Waals surface area contributed by atoms with Crippen LogP contribution in [-0.4, -0.2) is 9.55 Å². The molecule has 1 heterocycles. The third-order valence-corrected chi connectivity index (χ3v) is 4.29. The van der Waals surface area contributed by atoms with Gasteiger partial charge in [-0.2, -0.15) is 0 Å². The lowest BCUT2D eigenvalue weighted by Crippen LogP contribution is -2.01. The molecule has 2 aromatic carbocycles. The molecule has 0 aliphatic heterocycles. The lowest BCUT2D eigenvalue weighted by molar-refractivity contribution is 0.882. The highest BCUT2D eigenvalue weighted by Gasteiger charge is 2.17. The molecule has 3 rings (SSSR count). The monoisotopic (exact) mass is 338 g/mol. The molecule has 2 nitrogen and oxygen atoms in total. The fraction of sp³-hybridized carbons (Fsp3) is 0.188. The molecule has 21 heavy (non-hydrogen) atoms. The average molecular weight is 340 g/mol. The molecule has 0 bridgehead atoms. The Balaban J connectivity index is 2.35.